The van der Waals surface area contributed by atoms with E-state index in [1.165, 1.54) is 43.5 Å². The molecule has 0 N–H and O–H groups in total. The van der Waals surface area contributed by atoms with Crippen LogP contribution in [-0.2, 0) is 0 Å². The summed E-state index contributed by atoms with van der Waals surface area (Å²) in [4.78, 5) is 0. The van der Waals surface area contributed by atoms with Gasteiger partial charge in [-0.2, -0.15) is 0 Å². The normalized spacial score (nSPS) is 14.5. The molecule has 0 fully saturated rings. The van der Waals surface area contributed by atoms with Crippen molar-refractivity contribution in [3.63, 3.8) is 0 Å². The number of rotatable bonds is 7. The molecular formula is C12H28N+. The first-order valence-corrected chi connectivity index (χ1v) is 5.99. The summed E-state index contributed by atoms with van der Waals surface area (Å²) >= 11 is 0. The minimum absolute atomic E-state index is 0.905. The van der Waals surface area contributed by atoms with E-state index in [0.29, 0.717) is 0 Å². The van der Waals surface area contributed by atoms with Crippen LogP contribution >= 0.6 is 0 Å². The highest BCUT2D eigenvalue weighted by atomic mass is 15.3. The Balaban J connectivity index is 3.95. The maximum atomic E-state index is 2.37. The van der Waals surface area contributed by atoms with Crippen molar-refractivity contribution < 1.29 is 4.48 Å². The zero-order valence-electron chi connectivity index (χ0n) is 10.3. The fourth-order valence-corrected chi connectivity index (χ4v) is 1.84. The molecule has 0 aromatic carbocycles. The molecule has 1 heteroatoms. The molecule has 1 nitrogen and oxygen atoms in total. The second-order valence-corrected chi connectivity index (χ2v) is 4.32. The lowest BCUT2D eigenvalue weighted by atomic mass is 10.0. The van der Waals surface area contributed by atoms with Gasteiger partial charge >= 0.3 is 0 Å². The third-order valence-corrected chi connectivity index (χ3v) is 3.81. The summed E-state index contributed by atoms with van der Waals surface area (Å²) in [5.41, 5.74) is 0. The predicted molar refractivity (Wildman–Crippen MR) is 60.8 cm³/mol. The van der Waals surface area contributed by atoms with Gasteiger partial charge in [-0.05, 0) is 33.1 Å². The lowest BCUT2D eigenvalue weighted by Gasteiger charge is -2.36. The maximum absolute atomic E-state index is 2.37. The van der Waals surface area contributed by atoms with Crippen LogP contribution in [0.15, 0.2) is 0 Å². The van der Waals surface area contributed by atoms with Gasteiger partial charge in [0.15, 0.2) is 0 Å². The molecule has 0 radical (unpaired) electrons. The Morgan fingerprint density at radius 2 is 1.38 bits per heavy atom. The van der Waals surface area contributed by atoms with Gasteiger partial charge in [0.2, 0.25) is 0 Å². The van der Waals surface area contributed by atoms with Gasteiger partial charge in [0.05, 0.1) is 26.2 Å². The average Bonchev–Trinajstić information content (AvgIpc) is 2.20. The first kappa shape index (κ1) is 13.0. The molecule has 0 saturated heterocycles. The molecule has 1 unspecified atom stereocenters. The summed E-state index contributed by atoms with van der Waals surface area (Å²) < 4.78 is 1.31. The molecule has 0 heterocycles. The van der Waals surface area contributed by atoms with Gasteiger partial charge in [-0.1, -0.05) is 20.3 Å². The van der Waals surface area contributed by atoms with Crippen molar-refractivity contribution in [1.29, 1.82) is 0 Å². The van der Waals surface area contributed by atoms with Crippen LogP contribution in [0.5, 0.6) is 0 Å². The van der Waals surface area contributed by atoms with E-state index in [1.807, 2.05) is 0 Å². The summed E-state index contributed by atoms with van der Waals surface area (Å²) in [6, 6.07) is 0. The molecule has 0 bridgehead atoms. The van der Waals surface area contributed by atoms with Gasteiger partial charge in [-0.15, -0.1) is 0 Å². The molecule has 0 aliphatic heterocycles. The van der Waals surface area contributed by atoms with Crippen LogP contribution in [0.2, 0.25) is 0 Å². The van der Waals surface area contributed by atoms with E-state index in [9.17, 15) is 0 Å². The van der Waals surface area contributed by atoms with Gasteiger partial charge in [0, 0.05) is 0 Å². The first-order chi connectivity index (χ1) is 6.14. The van der Waals surface area contributed by atoms with Crippen molar-refractivity contribution in [2.45, 2.75) is 47.5 Å². The molecule has 0 rings (SSSR count). The van der Waals surface area contributed by atoms with Crippen LogP contribution in [0.4, 0.5) is 0 Å². The number of hydrogen-bond acceptors (Lipinski definition) is 0. The molecule has 80 valence electrons. The monoisotopic (exact) mass is 186 g/mol. The quantitative estimate of drug-likeness (QED) is 0.535. The van der Waals surface area contributed by atoms with Crippen LogP contribution in [-0.4, -0.2) is 30.7 Å². The molecule has 0 saturated carbocycles. The number of quaternary nitrogens is 1. The van der Waals surface area contributed by atoms with Crippen molar-refractivity contribution in [2.75, 3.05) is 26.2 Å². The Labute approximate surface area is 84.7 Å². The minimum Gasteiger partial charge on any atom is -0.324 e. The minimum atomic E-state index is 0.905. The summed E-state index contributed by atoms with van der Waals surface area (Å²) in [6.07, 6.45) is 2.73. The molecule has 0 spiro atoms. The van der Waals surface area contributed by atoms with Crippen molar-refractivity contribution in [3.05, 3.63) is 0 Å². The highest BCUT2D eigenvalue weighted by Gasteiger charge is 2.20. The van der Waals surface area contributed by atoms with E-state index < -0.39 is 0 Å². The van der Waals surface area contributed by atoms with Crippen LogP contribution in [0.25, 0.3) is 0 Å². The van der Waals surface area contributed by atoms with Crippen LogP contribution in [0.3, 0.4) is 0 Å². The van der Waals surface area contributed by atoms with Gasteiger partial charge in [0.1, 0.15) is 0 Å². The largest absolute Gasteiger partial charge is 0.324 e. The van der Waals surface area contributed by atoms with E-state index >= 15 is 0 Å². The van der Waals surface area contributed by atoms with Crippen molar-refractivity contribution in [3.8, 4) is 0 Å². The molecule has 0 aliphatic carbocycles. The summed E-state index contributed by atoms with van der Waals surface area (Å²) in [6.45, 7) is 16.9. The fraction of sp³-hybridized carbons (Fsp3) is 1.00. The van der Waals surface area contributed by atoms with Gasteiger partial charge in [-0.3, -0.25) is 0 Å². The van der Waals surface area contributed by atoms with Gasteiger partial charge in [0.25, 0.3) is 0 Å². The summed E-state index contributed by atoms with van der Waals surface area (Å²) in [7, 11) is 0. The molecule has 0 aliphatic rings. The lowest BCUT2D eigenvalue weighted by Crippen LogP contribution is -2.48. The average molecular weight is 186 g/mol. The van der Waals surface area contributed by atoms with Crippen LogP contribution in [0, 0.1) is 5.92 Å². The molecular weight excluding hydrogens is 158 g/mol. The highest BCUT2D eigenvalue weighted by molar-refractivity contribution is 4.50. The third-order valence-electron chi connectivity index (χ3n) is 3.81. The summed E-state index contributed by atoms with van der Waals surface area (Å²) in [5, 5.41) is 0. The molecule has 0 aromatic rings. The Bertz CT molecular complexity index is 108. The van der Waals surface area contributed by atoms with E-state index in [0.717, 1.165) is 5.92 Å². The predicted octanol–water partition coefficient (Wildman–Crippen LogP) is 3.30. The lowest BCUT2D eigenvalue weighted by molar-refractivity contribution is -0.923. The van der Waals surface area contributed by atoms with E-state index in [1.54, 1.807) is 0 Å². The second-order valence-electron chi connectivity index (χ2n) is 4.32. The SMILES string of the molecule is CCC(C)CC[N+](CC)(CC)CC. The fourth-order valence-electron chi connectivity index (χ4n) is 1.84. The summed E-state index contributed by atoms with van der Waals surface area (Å²) in [5.74, 6) is 0.905. The van der Waals surface area contributed by atoms with E-state index in [4.69, 9.17) is 0 Å². The Morgan fingerprint density at radius 3 is 1.69 bits per heavy atom. The topological polar surface area (TPSA) is 0 Å². The maximum Gasteiger partial charge on any atom is 0.0788 e. The van der Waals surface area contributed by atoms with Crippen LogP contribution < -0.4 is 0 Å². The molecule has 0 amide bonds. The third kappa shape index (κ3) is 4.12. The van der Waals surface area contributed by atoms with E-state index in [2.05, 4.69) is 34.6 Å². The Hall–Kier alpha value is -0.0400. The zero-order chi connectivity index (χ0) is 10.3. The van der Waals surface area contributed by atoms with Crippen LogP contribution in [0.1, 0.15) is 47.5 Å². The first-order valence-electron chi connectivity index (χ1n) is 5.99. The number of nitrogens with zero attached hydrogens (tertiary/aromatic N) is 1. The smallest absolute Gasteiger partial charge is 0.0788 e. The van der Waals surface area contributed by atoms with Crippen molar-refractivity contribution in [2.24, 2.45) is 5.92 Å². The molecule has 0 aromatic heterocycles. The van der Waals surface area contributed by atoms with E-state index in [-0.39, 0.29) is 0 Å². The number of hydrogen-bond donors (Lipinski definition) is 0. The van der Waals surface area contributed by atoms with Crippen molar-refractivity contribution >= 4 is 0 Å². The standard InChI is InChI=1S/C12H28N/c1-6-12(5)10-11-13(7-2,8-3)9-4/h12H,6-11H2,1-5H3/q+1. The second kappa shape index (κ2) is 6.42. The zero-order valence-corrected chi connectivity index (χ0v) is 10.3. The molecule has 13 heavy (non-hydrogen) atoms. The van der Waals surface area contributed by atoms with Gasteiger partial charge in [-0.25, -0.2) is 0 Å². The highest BCUT2D eigenvalue weighted by Crippen LogP contribution is 2.13. The molecule has 1 atom stereocenters. The Kier molecular flexibility index (Phi) is 6.40. The van der Waals surface area contributed by atoms with Crippen molar-refractivity contribution in [1.82, 2.24) is 0 Å². The Morgan fingerprint density at radius 1 is 0.923 bits per heavy atom. The van der Waals surface area contributed by atoms with Gasteiger partial charge < -0.3 is 4.48 Å².